The topological polar surface area (TPSA) is 72.5 Å². The monoisotopic (exact) mass is 551 g/mol. The summed E-state index contributed by atoms with van der Waals surface area (Å²) in [4.78, 5) is 12.4. The highest BCUT2D eigenvalue weighted by Gasteiger charge is 2.63. The molecule has 10 atom stereocenters. The fourth-order valence-corrected chi connectivity index (χ4v) is 10.8. The molecule has 220 valence electrons. The number of fused-ring (bicyclic) bond motifs is 5. The summed E-state index contributed by atoms with van der Waals surface area (Å²) >= 11 is 0. The lowest BCUT2D eigenvalue weighted by Gasteiger charge is -2.63. The van der Waals surface area contributed by atoms with Crippen LogP contribution in [0.2, 0.25) is 0 Å². The maximum Gasteiger partial charge on any atom is 0.220 e. The van der Waals surface area contributed by atoms with Gasteiger partial charge < -0.3 is 10.1 Å². The summed E-state index contributed by atoms with van der Waals surface area (Å²) in [5.74, 6) is 5.14. The van der Waals surface area contributed by atoms with E-state index in [0.29, 0.717) is 41.1 Å². The predicted octanol–water partition coefficient (Wildman–Crippen LogP) is 6.65. The number of amides is 1. The van der Waals surface area contributed by atoms with E-state index >= 15 is 0 Å². The molecule has 1 N–H and O–H groups in total. The fourth-order valence-electron chi connectivity index (χ4n) is 10.3. The van der Waals surface area contributed by atoms with Gasteiger partial charge in [0.25, 0.3) is 0 Å². The number of carbonyl (C=O) groups excluding carboxylic acids is 1. The first-order chi connectivity index (χ1) is 17.9. The van der Waals surface area contributed by atoms with Crippen molar-refractivity contribution < 1.29 is 17.9 Å². The molecule has 0 bridgehead atoms. The van der Waals surface area contributed by atoms with Gasteiger partial charge in [-0.25, -0.2) is 8.42 Å². The van der Waals surface area contributed by atoms with Crippen molar-refractivity contribution in [1.29, 1.82) is 0 Å². The molecule has 1 amide bonds. The van der Waals surface area contributed by atoms with Crippen LogP contribution in [0.15, 0.2) is 0 Å². The molecule has 10 unspecified atom stereocenters. The van der Waals surface area contributed by atoms with Crippen molar-refractivity contribution in [2.45, 2.75) is 118 Å². The van der Waals surface area contributed by atoms with Gasteiger partial charge in [-0.1, -0.05) is 40.5 Å². The van der Waals surface area contributed by atoms with Crippen molar-refractivity contribution in [3.63, 3.8) is 0 Å². The second kappa shape index (κ2) is 12.1. The molecule has 0 aromatic heterocycles. The number of nitrogens with one attached hydrogen (secondary N) is 1. The minimum Gasteiger partial charge on any atom is -0.378 e. The molecule has 0 aliphatic heterocycles. The highest BCUT2D eigenvalue weighted by Crippen LogP contribution is 2.69. The Labute approximate surface area is 233 Å². The molecular weight excluding hydrogens is 494 g/mol. The zero-order valence-corrected chi connectivity index (χ0v) is 26.1. The molecule has 0 saturated heterocycles. The number of rotatable bonds is 11. The van der Waals surface area contributed by atoms with Gasteiger partial charge in [-0.05, 0) is 117 Å². The van der Waals surface area contributed by atoms with Gasteiger partial charge in [0.15, 0.2) is 0 Å². The average Bonchev–Trinajstić information content (AvgIpc) is 3.20. The van der Waals surface area contributed by atoms with Crippen LogP contribution in [0.1, 0.15) is 112 Å². The standard InChI is InChI=1S/C32H57NO4S/c1-7-9-23-14-16-31(4)24(20-23)21-28(37-8-2)30-26-12-11-25(32(26,5)17-15-27(30)31)22(3)10-13-29(34)33-18-19-38(6,35)36/h22-28,30H,7-21H2,1-6H3,(H,33,34). The van der Waals surface area contributed by atoms with Crippen LogP contribution in [0.3, 0.4) is 0 Å². The molecule has 4 saturated carbocycles. The van der Waals surface area contributed by atoms with Gasteiger partial charge in [-0.15, -0.1) is 0 Å². The number of ether oxygens (including phenoxy) is 1. The second-order valence-corrected chi connectivity index (χ2v) is 16.6. The number of hydrogen-bond acceptors (Lipinski definition) is 4. The zero-order chi connectivity index (χ0) is 27.7. The number of hydrogen-bond donors (Lipinski definition) is 1. The fraction of sp³-hybridized carbons (Fsp3) is 0.969. The molecule has 38 heavy (non-hydrogen) atoms. The number of sulfone groups is 1. The molecule has 4 aliphatic carbocycles. The Kier molecular flexibility index (Phi) is 9.65. The largest absolute Gasteiger partial charge is 0.378 e. The van der Waals surface area contributed by atoms with Crippen molar-refractivity contribution in [3.05, 3.63) is 0 Å². The summed E-state index contributed by atoms with van der Waals surface area (Å²) < 4.78 is 29.4. The third-order valence-corrected chi connectivity index (χ3v) is 13.2. The van der Waals surface area contributed by atoms with Gasteiger partial charge >= 0.3 is 0 Å². The van der Waals surface area contributed by atoms with E-state index in [1.54, 1.807) is 0 Å². The average molecular weight is 552 g/mol. The Morgan fingerprint density at radius 3 is 2.42 bits per heavy atom. The first-order valence-corrected chi connectivity index (χ1v) is 18.0. The maximum absolute atomic E-state index is 12.4. The van der Waals surface area contributed by atoms with E-state index in [0.717, 1.165) is 36.7 Å². The summed E-state index contributed by atoms with van der Waals surface area (Å²) in [5.41, 5.74) is 0.822. The van der Waals surface area contributed by atoms with E-state index in [9.17, 15) is 13.2 Å². The molecule has 0 heterocycles. The summed E-state index contributed by atoms with van der Waals surface area (Å²) in [6.45, 7) is 13.2. The minimum atomic E-state index is -3.05. The summed E-state index contributed by atoms with van der Waals surface area (Å²) in [6, 6.07) is 0. The van der Waals surface area contributed by atoms with Crippen molar-refractivity contribution in [1.82, 2.24) is 5.32 Å². The third kappa shape index (κ3) is 6.16. The van der Waals surface area contributed by atoms with Crippen LogP contribution in [-0.4, -0.2) is 45.6 Å². The van der Waals surface area contributed by atoms with Gasteiger partial charge in [0.05, 0.1) is 11.9 Å². The molecule has 0 spiro atoms. The van der Waals surface area contributed by atoms with Crippen molar-refractivity contribution in [2.75, 3.05) is 25.2 Å². The highest BCUT2D eigenvalue weighted by atomic mass is 32.2. The second-order valence-electron chi connectivity index (χ2n) is 14.4. The van der Waals surface area contributed by atoms with E-state index in [-0.39, 0.29) is 18.2 Å². The lowest BCUT2D eigenvalue weighted by atomic mass is 9.43. The molecular formula is C32H57NO4S. The molecule has 6 heteroatoms. The minimum absolute atomic E-state index is 0.00904. The van der Waals surface area contributed by atoms with Crippen LogP contribution < -0.4 is 5.32 Å². The van der Waals surface area contributed by atoms with Gasteiger partial charge in [0.2, 0.25) is 5.91 Å². The Hall–Kier alpha value is -0.620. The summed E-state index contributed by atoms with van der Waals surface area (Å²) in [5, 5.41) is 2.81. The predicted molar refractivity (Wildman–Crippen MR) is 156 cm³/mol. The Morgan fingerprint density at radius 1 is 1.03 bits per heavy atom. The summed E-state index contributed by atoms with van der Waals surface area (Å²) in [6.07, 6.45) is 16.5. The van der Waals surface area contributed by atoms with Crippen LogP contribution in [0.4, 0.5) is 0 Å². The highest BCUT2D eigenvalue weighted by molar-refractivity contribution is 7.90. The molecule has 0 aromatic carbocycles. The van der Waals surface area contributed by atoms with E-state index in [1.165, 1.54) is 70.5 Å². The van der Waals surface area contributed by atoms with E-state index in [2.05, 4.69) is 39.9 Å². The molecule has 0 radical (unpaired) electrons. The first-order valence-electron chi connectivity index (χ1n) is 16.0. The van der Waals surface area contributed by atoms with Gasteiger partial charge in [0.1, 0.15) is 9.84 Å². The van der Waals surface area contributed by atoms with Gasteiger partial charge in [0, 0.05) is 25.8 Å². The Balaban J connectivity index is 1.43. The van der Waals surface area contributed by atoms with Crippen molar-refractivity contribution in [3.8, 4) is 0 Å². The van der Waals surface area contributed by atoms with E-state index in [4.69, 9.17) is 4.74 Å². The van der Waals surface area contributed by atoms with Crippen LogP contribution in [0.5, 0.6) is 0 Å². The molecule has 4 rings (SSSR count). The van der Waals surface area contributed by atoms with Crippen LogP contribution in [0.25, 0.3) is 0 Å². The lowest BCUT2D eigenvalue weighted by molar-refractivity contribution is -0.183. The van der Waals surface area contributed by atoms with Crippen LogP contribution >= 0.6 is 0 Å². The maximum atomic E-state index is 12.4. The van der Waals surface area contributed by atoms with Gasteiger partial charge in [-0.2, -0.15) is 0 Å². The van der Waals surface area contributed by atoms with Crippen LogP contribution in [0, 0.1) is 52.3 Å². The SMILES string of the molecule is CCCC1CCC2(C)C(C1)CC(OCC)C1C2CCC2(C)C(C(C)CCC(=O)NCCS(C)(=O)=O)CCC12. The molecule has 4 aliphatic rings. The Bertz CT molecular complexity index is 920. The Morgan fingerprint density at radius 2 is 1.74 bits per heavy atom. The third-order valence-electron chi connectivity index (χ3n) is 12.2. The molecule has 4 fully saturated rings. The van der Waals surface area contributed by atoms with Crippen LogP contribution in [-0.2, 0) is 19.4 Å². The summed E-state index contributed by atoms with van der Waals surface area (Å²) in [7, 11) is -3.05. The zero-order valence-electron chi connectivity index (χ0n) is 25.3. The molecule has 0 aromatic rings. The quantitative estimate of drug-likeness (QED) is 0.312. The lowest BCUT2D eigenvalue weighted by Crippen LogP contribution is -2.58. The first kappa shape index (κ1) is 30.3. The van der Waals surface area contributed by atoms with Crippen molar-refractivity contribution in [2.24, 2.45) is 52.3 Å². The number of carbonyl (C=O) groups is 1. The van der Waals surface area contributed by atoms with Gasteiger partial charge in [-0.3, -0.25) is 4.79 Å². The normalized spacial score (nSPS) is 41.6. The van der Waals surface area contributed by atoms with Crippen molar-refractivity contribution >= 4 is 15.7 Å². The van der Waals surface area contributed by atoms with E-state index in [1.807, 2.05) is 0 Å². The smallest absolute Gasteiger partial charge is 0.220 e. The molecule has 5 nitrogen and oxygen atoms in total. The van der Waals surface area contributed by atoms with E-state index < -0.39 is 9.84 Å².